The van der Waals surface area contributed by atoms with Gasteiger partial charge in [0.15, 0.2) is 0 Å². The quantitative estimate of drug-likeness (QED) is 0.395. The minimum absolute atomic E-state index is 0.168. The Balaban J connectivity index is 1.70. The molecule has 0 spiro atoms. The van der Waals surface area contributed by atoms with Gasteiger partial charge in [-0.05, 0) is 83.0 Å². The highest BCUT2D eigenvalue weighted by Gasteiger charge is 2.12. The summed E-state index contributed by atoms with van der Waals surface area (Å²) in [5.74, 6) is 0. The van der Waals surface area contributed by atoms with E-state index in [4.69, 9.17) is 16.0 Å². The zero-order chi connectivity index (χ0) is 22.7. The molecule has 0 aromatic heterocycles. The van der Waals surface area contributed by atoms with Gasteiger partial charge in [-0.3, -0.25) is 4.55 Å². The SMILES string of the molecule is Nc1ccc(C(=C2C=CC(=Nc3ccc(S(=O)(=O)O)cc3)C=C2)c2ccc(N)cc2)cc1. The van der Waals surface area contributed by atoms with E-state index in [0.29, 0.717) is 22.8 Å². The molecular formula is C25H21N3O3S. The van der Waals surface area contributed by atoms with Crippen LogP contribution in [-0.2, 0) is 10.1 Å². The van der Waals surface area contributed by atoms with Crippen molar-refractivity contribution in [2.75, 3.05) is 11.5 Å². The maximum Gasteiger partial charge on any atom is 0.294 e. The van der Waals surface area contributed by atoms with Crippen LogP contribution < -0.4 is 11.5 Å². The summed E-state index contributed by atoms with van der Waals surface area (Å²) in [5.41, 5.74) is 18.5. The first-order valence-electron chi connectivity index (χ1n) is 9.78. The van der Waals surface area contributed by atoms with Crippen molar-refractivity contribution < 1.29 is 13.0 Å². The molecule has 0 saturated heterocycles. The number of aliphatic imine (C=N–C) groups is 1. The van der Waals surface area contributed by atoms with Crippen molar-refractivity contribution in [1.29, 1.82) is 0 Å². The summed E-state index contributed by atoms with van der Waals surface area (Å²) in [4.78, 5) is 4.35. The highest BCUT2D eigenvalue weighted by Crippen LogP contribution is 2.31. The summed E-state index contributed by atoms with van der Waals surface area (Å²) in [7, 11) is -4.23. The molecule has 7 heteroatoms. The van der Waals surface area contributed by atoms with E-state index in [2.05, 4.69) is 4.99 Å². The third-order valence-corrected chi connectivity index (χ3v) is 5.82. The predicted molar refractivity (Wildman–Crippen MR) is 129 cm³/mol. The average molecular weight is 444 g/mol. The first-order chi connectivity index (χ1) is 15.3. The van der Waals surface area contributed by atoms with E-state index in [-0.39, 0.29) is 4.90 Å². The van der Waals surface area contributed by atoms with Gasteiger partial charge in [0.2, 0.25) is 0 Å². The second-order valence-corrected chi connectivity index (χ2v) is 8.67. The summed E-state index contributed by atoms with van der Waals surface area (Å²) in [6.45, 7) is 0. The average Bonchev–Trinajstić information content (AvgIpc) is 2.77. The fraction of sp³-hybridized carbons (Fsp3) is 0. The first-order valence-corrected chi connectivity index (χ1v) is 11.2. The Bertz CT molecular complexity index is 1300. The number of anilines is 2. The smallest absolute Gasteiger partial charge is 0.294 e. The van der Waals surface area contributed by atoms with Crippen molar-refractivity contribution in [2.45, 2.75) is 4.90 Å². The number of allylic oxidation sites excluding steroid dienone is 5. The van der Waals surface area contributed by atoms with Crippen molar-refractivity contribution in [3.8, 4) is 0 Å². The zero-order valence-corrected chi connectivity index (χ0v) is 17.8. The number of hydrogen-bond acceptors (Lipinski definition) is 5. The maximum absolute atomic E-state index is 11.2. The van der Waals surface area contributed by atoms with Crippen molar-refractivity contribution in [1.82, 2.24) is 0 Å². The molecule has 1 aliphatic rings. The largest absolute Gasteiger partial charge is 0.399 e. The monoisotopic (exact) mass is 443 g/mol. The van der Waals surface area contributed by atoms with Crippen LogP contribution in [0, 0.1) is 0 Å². The highest BCUT2D eigenvalue weighted by atomic mass is 32.2. The van der Waals surface area contributed by atoms with Gasteiger partial charge in [-0.15, -0.1) is 0 Å². The third-order valence-electron chi connectivity index (χ3n) is 4.95. The van der Waals surface area contributed by atoms with Crippen molar-refractivity contribution in [3.63, 3.8) is 0 Å². The van der Waals surface area contributed by atoms with Crippen LogP contribution in [0.3, 0.4) is 0 Å². The summed E-state index contributed by atoms with van der Waals surface area (Å²) >= 11 is 0. The van der Waals surface area contributed by atoms with Gasteiger partial charge in [-0.2, -0.15) is 8.42 Å². The molecule has 32 heavy (non-hydrogen) atoms. The van der Waals surface area contributed by atoms with Crippen molar-refractivity contribution in [2.24, 2.45) is 4.99 Å². The third kappa shape index (κ3) is 4.85. The van der Waals surface area contributed by atoms with E-state index in [1.54, 1.807) is 0 Å². The van der Waals surface area contributed by atoms with E-state index in [1.165, 1.54) is 24.3 Å². The molecule has 0 fully saturated rings. The van der Waals surface area contributed by atoms with Crippen LogP contribution in [0.1, 0.15) is 11.1 Å². The Morgan fingerprint density at radius 1 is 0.688 bits per heavy atom. The second-order valence-electron chi connectivity index (χ2n) is 7.25. The minimum Gasteiger partial charge on any atom is -0.399 e. The van der Waals surface area contributed by atoms with Crippen molar-refractivity contribution in [3.05, 3.63) is 114 Å². The lowest BCUT2D eigenvalue weighted by Gasteiger charge is -2.14. The Hall–Kier alpha value is -3.94. The van der Waals surface area contributed by atoms with Gasteiger partial charge in [0.05, 0.1) is 16.3 Å². The molecule has 0 radical (unpaired) electrons. The molecule has 5 N–H and O–H groups in total. The molecule has 0 amide bonds. The van der Waals surface area contributed by atoms with Crippen LogP contribution in [0.2, 0.25) is 0 Å². The summed E-state index contributed by atoms with van der Waals surface area (Å²) < 4.78 is 31.5. The van der Waals surface area contributed by atoms with E-state index >= 15 is 0 Å². The fourth-order valence-corrected chi connectivity index (χ4v) is 3.82. The number of benzene rings is 3. The summed E-state index contributed by atoms with van der Waals surface area (Å²) in [6, 6.07) is 21.1. The van der Waals surface area contributed by atoms with Crippen LogP contribution in [0.15, 0.2) is 113 Å². The van der Waals surface area contributed by atoms with Gasteiger partial charge in [-0.25, -0.2) is 4.99 Å². The maximum atomic E-state index is 11.2. The molecule has 0 heterocycles. The number of rotatable bonds is 4. The van der Waals surface area contributed by atoms with Crippen molar-refractivity contribution >= 4 is 38.5 Å². The molecule has 0 saturated carbocycles. The van der Waals surface area contributed by atoms with Gasteiger partial charge >= 0.3 is 0 Å². The lowest BCUT2D eigenvalue weighted by Crippen LogP contribution is -1.99. The molecule has 0 atom stereocenters. The van der Waals surface area contributed by atoms with Crippen LogP contribution in [0.25, 0.3) is 5.57 Å². The molecule has 0 bridgehead atoms. The molecular weight excluding hydrogens is 422 g/mol. The van der Waals surface area contributed by atoms with E-state index in [1.807, 2.05) is 72.8 Å². The topological polar surface area (TPSA) is 119 Å². The van der Waals surface area contributed by atoms with E-state index in [9.17, 15) is 8.42 Å². The highest BCUT2D eigenvalue weighted by molar-refractivity contribution is 7.85. The van der Waals surface area contributed by atoms with Gasteiger partial charge < -0.3 is 11.5 Å². The summed E-state index contributed by atoms with van der Waals surface area (Å²) in [6.07, 6.45) is 7.74. The van der Waals surface area contributed by atoms with Gasteiger partial charge in [0.1, 0.15) is 0 Å². The fourth-order valence-electron chi connectivity index (χ4n) is 3.34. The number of nitrogens with zero attached hydrogens (tertiary/aromatic N) is 1. The van der Waals surface area contributed by atoms with E-state index < -0.39 is 10.1 Å². The lowest BCUT2D eigenvalue weighted by atomic mass is 9.90. The van der Waals surface area contributed by atoms with Gasteiger partial charge in [-0.1, -0.05) is 36.4 Å². The molecule has 1 aliphatic carbocycles. The van der Waals surface area contributed by atoms with Crippen LogP contribution in [0.5, 0.6) is 0 Å². The molecule has 4 rings (SSSR count). The predicted octanol–water partition coefficient (Wildman–Crippen LogP) is 4.80. The van der Waals surface area contributed by atoms with E-state index in [0.717, 1.165) is 22.3 Å². The Morgan fingerprint density at radius 2 is 1.16 bits per heavy atom. The van der Waals surface area contributed by atoms with Crippen LogP contribution >= 0.6 is 0 Å². The normalized spacial score (nSPS) is 13.3. The van der Waals surface area contributed by atoms with Gasteiger partial charge in [0, 0.05) is 11.4 Å². The molecule has 0 unspecified atom stereocenters. The number of nitrogen functional groups attached to an aromatic ring is 2. The Labute approximate surface area is 186 Å². The molecule has 3 aromatic rings. The zero-order valence-electron chi connectivity index (χ0n) is 17.0. The molecule has 3 aromatic carbocycles. The standard InChI is InChI=1S/C25H21N3O3S/c26-20-7-1-17(2-8-20)25(18-3-9-21(27)10-4-18)19-5-11-22(12-6-19)28-23-13-15-24(16-14-23)32(29,30)31/h1-16H,26-27H2,(H,29,30,31). The first kappa shape index (κ1) is 21.3. The number of hydrogen-bond donors (Lipinski definition) is 3. The minimum atomic E-state index is -4.23. The van der Waals surface area contributed by atoms with Crippen LogP contribution in [0.4, 0.5) is 17.1 Å². The Kier molecular flexibility index (Phi) is 5.77. The molecule has 0 aliphatic heterocycles. The van der Waals surface area contributed by atoms with Crippen LogP contribution in [-0.4, -0.2) is 18.7 Å². The Morgan fingerprint density at radius 3 is 1.59 bits per heavy atom. The summed E-state index contributed by atoms with van der Waals surface area (Å²) in [5, 5.41) is 0. The lowest BCUT2D eigenvalue weighted by molar-refractivity contribution is 0.483. The number of nitrogens with two attached hydrogens (primary N) is 2. The molecule has 6 nitrogen and oxygen atoms in total. The second kappa shape index (κ2) is 8.66. The van der Waals surface area contributed by atoms with Gasteiger partial charge in [0.25, 0.3) is 10.1 Å². The molecule has 160 valence electrons.